The molecule has 0 atom stereocenters. The molecule has 5 heteroatoms. The Kier molecular flexibility index (Phi) is 5.76. The highest BCUT2D eigenvalue weighted by Crippen LogP contribution is 2.19. The summed E-state index contributed by atoms with van der Waals surface area (Å²) in [5.74, 6) is 1.20. The fourth-order valence-corrected chi connectivity index (χ4v) is 3.32. The van der Waals surface area contributed by atoms with Crippen molar-refractivity contribution < 1.29 is 4.79 Å². The highest BCUT2D eigenvalue weighted by molar-refractivity contribution is 7.99. The van der Waals surface area contributed by atoms with Gasteiger partial charge < -0.3 is 5.32 Å². The summed E-state index contributed by atoms with van der Waals surface area (Å²) in [6.07, 6.45) is 11.6. The van der Waals surface area contributed by atoms with E-state index in [1.165, 1.54) is 24.2 Å². The second-order valence-corrected chi connectivity index (χ2v) is 6.37. The van der Waals surface area contributed by atoms with Crippen molar-refractivity contribution in [3.8, 4) is 0 Å². The van der Waals surface area contributed by atoms with Gasteiger partial charge in [0.05, 0.1) is 6.20 Å². The summed E-state index contributed by atoms with van der Waals surface area (Å²) >= 11 is 1.77. The van der Waals surface area contributed by atoms with Crippen molar-refractivity contribution in [3.63, 3.8) is 0 Å². The maximum absolute atomic E-state index is 11.8. The lowest BCUT2D eigenvalue weighted by Gasteiger charge is -2.22. The van der Waals surface area contributed by atoms with Gasteiger partial charge in [0.15, 0.2) is 0 Å². The van der Waals surface area contributed by atoms with Crippen LogP contribution in [0.2, 0.25) is 0 Å². The number of thioether (sulfide) groups is 1. The Balaban J connectivity index is 1.56. The first-order valence-corrected chi connectivity index (χ1v) is 8.13. The number of carbonyl (C=O) groups excluding carboxylic acids is 1. The lowest BCUT2D eigenvalue weighted by molar-refractivity contribution is -0.122. The molecule has 0 aliphatic heterocycles. The molecular weight excluding hydrogens is 258 g/mol. The molecule has 1 aromatic rings. The maximum Gasteiger partial charge on any atom is 0.220 e. The fourth-order valence-electron chi connectivity index (χ4n) is 2.44. The molecule has 1 aliphatic carbocycles. The van der Waals surface area contributed by atoms with E-state index >= 15 is 0 Å². The van der Waals surface area contributed by atoms with E-state index in [0.717, 1.165) is 25.0 Å². The Morgan fingerprint density at radius 1 is 1.47 bits per heavy atom. The van der Waals surface area contributed by atoms with E-state index in [1.807, 2.05) is 19.4 Å². The zero-order chi connectivity index (χ0) is 13.5. The van der Waals surface area contributed by atoms with Gasteiger partial charge in [0.2, 0.25) is 5.91 Å². The molecule has 1 saturated carbocycles. The fraction of sp³-hybridized carbons (Fsp3) is 0.714. The zero-order valence-corrected chi connectivity index (χ0v) is 12.4. The summed E-state index contributed by atoms with van der Waals surface area (Å²) in [6.45, 7) is 0. The predicted molar refractivity (Wildman–Crippen MR) is 78.2 cm³/mol. The molecule has 106 valence electrons. The molecular formula is C14H23N3OS. The molecule has 19 heavy (non-hydrogen) atoms. The molecule has 0 unspecified atom stereocenters. The Bertz CT molecular complexity index is 399. The van der Waals surface area contributed by atoms with Crippen LogP contribution < -0.4 is 5.32 Å². The summed E-state index contributed by atoms with van der Waals surface area (Å²) in [4.78, 5) is 13.0. The minimum atomic E-state index is 0.221. The predicted octanol–water partition coefficient (Wildman–Crippen LogP) is 2.74. The van der Waals surface area contributed by atoms with Gasteiger partial charge in [-0.25, -0.2) is 0 Å². The number of aryl methyl sites for hydroxylation is 1. The largest absolute Gasteiger partial charge is 0.353 e. The van der Waals surface area contributed by atoms with Gasteiger partial charge in [-0.05, 0) is 25.0 Å². The van der Waals surface area contributed by atoms with Crippen LogP contribution in [0.1, 0.15) is 44.9 Å². The quantitative estimate of drug-likeness (QED) is 0.644. The Morgan fingerprint density at radius 2 is 2.26 bits per heavy atom. The number of aromatic nitrogens is 2. The minimum Gasteiger partial charge on any atom is -0.353 e. The van der Waals surface area contributed by atoms with Gasteiger partial charge in [-0.1, -0.05) is 19.3 Å². The first-order valence-electron chi connectivity index (χ1n) is 7.15. The topological polar surface area (TPSA) is 46.9 Å². The first kappa shape index (κ1) is 14.4. The monoisotopic (exact) mass is 281 g/mol. The Labute approximate surface area is 119 Å². The van der Waals surface area contributed by atoms with E-state index in [1.54, 1.807) is 16.4 Å². The standard InChI is InChI=1S/C14H23N3OS/c1-17-11-13(10-15-17)19-9-5-8-14(18)16-12-6-3-2-4-7-12/h10-12H,2-9H2,1H3,(H,16,18). The van der Waals surface area contributed by atoms with Gasteiger partial charge in [-0.15, -0.1) is 11.8 Å². The van der Waals surface area contributed by atoms with Crippen LogP contribution in [0.3, 0.4) is 0 Å². The molecule has 0 saturated heterocycles. The number of carbonyl (C=O) groups is 1. The molecule has 2 rings (SSSR count). The molecule has 1 fully saturated rings. The molecule has 4 nitrogen and oxygen atoms in total. The highest BCUT2D eigenvalue weighted by Gasteiger charge is 2.15. The summed E-state index contributed by atoms with van der Waals surface area (Å²) in [6, 6.07) is 0.437. The average molecular weight is 281 g/mol. The van der Waals surface area contributed by atoms with Crippen molar-refractivity contribution in [2.45, 2.75) is 55.9 Å². The summed E-state index contributed by atoms with van der Waals surface area (Å²) in [5.41, 5.74) is 0. The third-order valence-corrected chi connectivity index (χ3v) is 4.51. The van der Waals surface area contributed by atoms with Crippen LogP contribution in [-0.2, 0) is 11.8 Å². The lowest BCUT2D eigenvalue weighted by atomic mass is 9.95. The van der Waals surface area contributed by atoms with Crippen molar-refractivity contribution >= 4 is 17.7 Å². The van der Waals surface area contributed by atoms with Crippen molar-refractivity contribution in [2.75, 3.05) is 5.75 Å². The number of amides is 1. The van der Waals surface area contributed by atoms with Gasteiger partial charge >= 0.3 is 0 Å². The summed E-state index contributed by atoms with van der Waals surface area (Å²) < 4.78 is 1.80. The van der Waals surface area contributed by atoms with Gasteiger partial charge in [0.25, 0.3) is 0 Å². The smallest absolute Gasteiger partial charge is 0.220 e. The second kappa shape index (κ2) is 7.58. The number of hydrogen-bond acceptors (Lipinski definition) is 3. The van der Waals surface area contributed by atoms with Crippen LogP contribution in [0.15, 0.2) is 17.3 Å². The van der Waals surface area contributed by atoms with E-state index in [0.29, 0.717) is 12.5 Å². The Hall–Kier alpha value is -0.970. The molecule has 0 bridgehead atoms. The molecule has 0 aromatic carbocycles. The molecule has 1 heterocycles. The van der Waals surface area contributed by atoms with E-state index < -0.39 is 0 Å². The number of nitrogens with zero attached hydrogens (tertiary/aromatic N) is 2. The van der Waals surface area contributed by atoms with Crippen LogP contribution in [0.25, 0.3) is 0 Å². The van der Waals surface area contributed by atoms with Crippen LogP contribution in [-0.4, -0.2) is 27.5 Å². The summed E-state index contributed by atoms with van der Waals surface area (Å²) in [5, 5.41) is 7.28. The number of hydrogen-bond donors (Lipinski definition) is 1. The molecule has 1 N–H and O–H groups in total. The van der Waals surface area contributed by atoms with Gasteiger partial charge in [0, 0.05) is 30.6 Å². The molecule has 1 aliphatic rings. The van der Waals surface area contributed by atoms with Crippen LogP contribution in [0.5, 0.6) is 0 Å². The second-order valence-electron chi connectivity index (χ2n) is 5.20. The van der Waals surface area contributed by atoms with Crippen LogP contribution >= 0.6 is 11.8 Å². The van der Waals surface area contributed by atoms with Crippen molar-refractivity contribution in [2.24, 2.45) is 7.05 Å². The van der Waals surface area contributed by atoms with Crippen molar-refractivity contribution in [1.29, 1.82) is 0 Å². The SMILES string of the molecule is Cn1cc(SCCCC(=O)NC2CCCCC2)cn1. The maximum atomic E-state index is 11.8. The van der Waals surface area contributed by atoms with E-state index in [2.05, 4.69) is 10.4 Å². The van der Waals surface area contributed by atoms with Gasteiger partial charge in [-0.3, -0.25) is 9.48 Å². The number of nitrogens with one attached hydrogen (secondary N) is 1. The first-order chi connectivity index (χ1) is 9.24. The number of rotatable bonds is 6. The molecule has 0 spiro atoms. The van der Waals surface area contributed by atoms with Gasteiger partial charge in [-0.2, -0.15) is 5.10 Å². The zero-order valence-electron chi connectivity index (χ0n) is 11.6. The third-order valence-electron chi connectivity index (χ3n) is 3.47. The molecule has 0 radical (unpaired) electrons. The lowest BCUT2D eigenvalue weighted by Crippen LogP contribution is -2.36. The van der Waals surface area contributed by atoms with E-state index in [4.69, 9.17) is 0 Å². The third kappa shape index (κ3) is 5.27. The Morgan fingerprint density at radius 3 is 2.95 bits per heavy atom. The van der Waals surface area contributed by atoms with Crippen molar-refractivity contribution in [3.05, 3.63) is 12.4 Å². The molecule has 1 aromatic heterocycles. The van der Waals surface area contributed by atoms with E-state index in [-0.39, 0.29) is 5.91 Å². The normalized spacial score (nSPS) is 16.5. The average Bonchev–Trinajstić information content (AvgIpc) is 2.82. The van der Waals surface area contributed by atoms with E-state index in [9.17, 15) is 4.79 Å². The minimum absolute atomic E-state index is 0.221. The molecule has 1 amide bonds. The van der Waals surface area contributed by atoms with Crippen LogP contribution in [0.4, 0.5) is 0 Å². The summed E-state index contributed by atoms with van der Waals surface area (Å²) in [7, 11) is 1.92. The highest BCUT2D eigenvalue weighted by atomic mass is 32.2. The van der Waals surface area contributed by atoms with Crippen LogP contribution in [0, 0.1) is 0 Å². The van der Waals surface area contributed by atoms with Gasteiger partial charge in [0.1, 0.15) is 0 Å². The van der Waals surface area contributed by atoms with Crippen molar-refractivity contribution in [1.82, 2.24) is 15.1 Å².